The Morgan fingerprint density at radius 2 is 1.75 bits per heavy atom. The number of rotatable bonds is 3. The molecule has 1 fully saturated rings. The molecule has 112 valence electrons. The average Bonchev–Trinajstić information content (AvgIpc) is 2.33. The minimum atomic E-state index is -3.79. The minimum Gasteiger partial charge on any atom is -0.373 e. The average molecular weight is 341 g/mol. The second-order valence-electron chi connectivity index (χ2n) is 4.51. The van der Waals surface area contributed by atoms with Gasteiger partial charge >= 0.3 is 10.2 Å². The number of hydrogen-bond acceptors (Lipinski definition) is 5. The van der Waals surface area contributed by atoms with Gasteiger partial charge in [0.2, 0.25) is 0 Å². The van der Waals surface area contributed by atoms with E-state index in [1.54, 1.807) is 0 Å². The summed E-state index contributed by atoms with van der Waals surface area (Å²) in [6.45, 7) is 4.12. The predicted molar refractivity (Wildman–Crippen MR) is 76.2 cm³/mol. The molecule has 2 heterocycles. The zero-order valence-corrected chi connectivity index (χ0v) is 13.2. The Kier molecular flexibility index (Phi) is 4.70. The summed E-state index contributed by atoms with van der Waals surface area (Å²) in [7, 11) is -3.79. The highest BCUT2D eigenvalue weighted by molar-refractivity contribution is 7.90. The minimum absolute atomic E-state index is 0.0253. The van der Waals surface area contributed by atoms with Crippen molar-refractivity contribution in [2.75, 3.05) is 17.8 Å². The summed E-state index contributed by atoms with van der Waals surface area (Å²) in [5, 5.41) is -0.106. The highest BCUT2D eigenvalue weighted by atomic mass is 35.5. The SMILES string of the molecule is CC1CN(S(=O)(=O)Nc2c(Cl)ncnc2Cl)CC(C)O1. The van der Waals surface area contributed by atoms with Crippen LogP contribution in [0.25, 0.3) is 0 Å². The van der Waals surface area contributed by atoms with E-state index in [2.05, 4.69) is 14.7 Å². The Hall–Kier alpha value is -0.670. The van der Waals surface area contributed by atoms with Crippen LogP contribution in [0, 0.1) is 0 Å². The molecule has 1 saturated heterocycles. The molecule has 1 aliphatic heterocycles. The second-order valence-corrected chi connectivity index (χ2v) is 6.90. The van der Waals surface area contributed by atoms with Crippen molar-refractivity contribution in [3.63, 3.8) is 0 Å². The lowest BCUT2D eigenvalue weighted by atomic mass is 10.3. The molecule has 0 saturated carbocycles. The van der Waals surface area contributed by atoms with E-state index >= 15 is 0 Å². The summed E-state index contributed by atoms with van der Waals surface area (Å²) in [5.41, 5.74) is -0.0253. The van der Waals surface area contributed by atoms with E-state index in [-0.39, 0.29) is 41.3 Å². The summed E-state index contributed by atoms with van der Waals surface area (Å²) < 4.78 is 33.8. The van der Waals surface area contributed by atoms with E-state index in [0.29, 0.717) is 0 Å². The van der Waals surface area contributed by atoms with Crippen molar-refractivity contribution in [3.8, 4) is 0 Å². The van der Waals surface area contributed by atoms with Gasteiger partial charge in [-0.2, -0.15) is 12.7 Å². The zero-order valence-electron chi connectivity index (χ0n) is 10.9. The number of ether oxygens (including phenoxy) is 1. The van der Waals surface area contributed by atoms with Crippen LogP contribution in [-0.2, 0) is 14.9 Å². The molecule has 0 bridgehead atoms. The first-order chi connectivity index (χ1) is 9.29. The smallest absolute Gasteiger partial charge is 0.302 e. The van der Waals surface area contributed by atoms with Gasteiger partial charge in [0.15, 0.2) is 10.3 Å². The third-order valence-corrected chi connectivity index (χ3v) is 4.73. The van der Waals surface area contributed by atoms with Crippen LogP contribution in [0.15, 0.2) is 6.33 Å². The van der Waals surface area contributed by atoms with Crippen molar-refractivity contribution in [2.24, 2.45) is 0 Å². The molecule has 1 N–H and O–H groups in total. The highest BCUT2D eigenvalue weighted by Gasteiger charge is 2.32. The van der Waals surface area contributed by atoms with Crippen LogP contribution in [0.1, 0.15) is 13.8 Å². The van der Waals surface area contributed by atoms with Gasteiger partial charge in [-0.1, -0.05) is 23.2 Å². The van der Waals surface area contributed by atoms with Crippen LogP contribution in [0.2, 0.25) is 10.3 Å². The maximum atomic E-state index is 12.3. The van der Waals surface area contributed by atoms with E-state index in [1.165, 1.54) is 4.31 Å². The molecule has 2 rings (SSSR count). The highest BCUT2D eigenvalue weighted by Crippen LogP contribution is 2.28. The number of hydrogen-bond donors (Lipinski definition) is 1. The molecule has 1 aromatic heterocycles. The predicted octanol–water partition coefficient (Wildman–Crippen LogP) is 1.55. The summed E-state index contributed by atoms with van der Waals surface area (Å²) in [5.74, 6) is 0. The van der Waals surface area contributed by atoms with Gasteiger partial charge in [-0.3, -0.25) is 4.72 Å². The molecule has 0 aliphatic carbocycles. The lowest BCUT2D eigenvalue weighted by Gasteiger charge is -2.34. The van der Waals surface area contributed by atoms with Crippen LogP contribution in [0.5, 0.6) is 0 Å². The Labute approximate surface area is 127 Å². The first-order valence-electron chi connectivity index (χ1n) is 5.89. The summed E-state index contributed by atoms with van der Waals surface area (Å²) >= 11 is 11.7. The molecule has 0 spiro atoms. The van der Waals surface area contributed by atoms with Crippen molar-refractivity contribution in [1.82, 2.24) is 14.3 Å². The molecular formula is C10H14Cl2N4O3S. The Morgan fingerprint density at radius 3 is 2.25 bits per heavy atom. The number of anilines is 1. The lowest BCUT2D eigenvalue weighted by molar-refractivity contribution is -0.0439. The third kappa shape index (κ3) is 3.50. The maximum Gasteiger partial charge on any atom is 0.302 e. The van der Waals surface area contributed by atoms with Crippen molar-refractivity contribution < 1.29 is 13.2 Å². The van der Waals surface area contributed by atoms with E-state index in [4.69, 9.17) is 27.9 Å². The van der Waals surface area contributed by atoms with Crippen molar-refractivity contribution >= 4 is 39.1 Å². The Balaban J connectivity index is 2.23. The molecule has 2 unspecified atom stereocenters. The lowest BCUT2D eigenvalue weighted by Crippen LogP contribution is -2.50. The van der Waals surface area contributed by atoms with Gasteiger partial charge in [0.25, 0.3) is 0 Å². The summed E-state index contributed by atoms with van der Waals surface area (Å²) in [6, 6.07) is 0. The van der Waals surface area contributed by atoms with Crippen molar-refractivity contribution in [1.29, 1.82) is 0 Å². The van der Waals surface area contributed by atoms with E-state index in [9.17, 15) is 8.42 Å². The van der Waals surface area contributed by atoms with Crippen molar-refractivity contribution in [2.45, 2.75) is 26.1 Å². The number of aromatic nitrogens is 2. The van der Waals surface area contributed by atoms with E-state index in [1.807, 2.05) is 13.8 Å². The van der Waals surface area contributed by atoms with Gasteiger partial charge in [0.05, 0.1) is 12.2 Å². The van der Waals surface area contributed by atoms with Gasteiger partial charge in [0.1, 0.15) is 12.0 Å². The Morgan fingerprint density at radius 1 is 1.25 bits per heavy atom. The van der Waals surface area contributed by atoms with Crippen molar-refractivity contribution in [3.05, 3.63) is 16.6 Å². The van der Waals surface area contributed by atoms with Crippen LogP contribution in [-0.4, -0.2) is 48.0 Å². The van der Waals surface area contributed by atoms with Gasteiger partial charge in [-0.05, 0) is 13.8 Å². The fourth-order valence-corrected chi connectivity index (χ4v) is 3.86. The van der Waals surface area contributed by atoms with Crippen LogP contribution in [0.4, 0.5) is 5.69 Å². The number of nitrogens with one attached hydrogen (secondary N) is 1. The van der Waals surface area contributed by atoms with Gasteiger partial charge < -0.3 is 4.74 Å². The first-order valence-corrected chi connectivity index (χ1v) is 8.08. The molecule has 10 heteroatoms. The van der Waals surface area contributed by atoms with Gasteiger partial charge in [0, 0.05) is 13.1 Å². The molecular weight excluding hydrogens is 327 g/mol. The zero-order chi connectivity index (χ0) is 14.9. The molecule has 1 aromatic rings. The van der Waals surface area contributed by atoms with Crippen LogP contribution in [0.3, 0.4) is 0 Å². The summed E-state index contributed by atoms with van der Waals surface area (Å²) in [4.78, 5) is 7.40. The second kappa shape index (κ2) is 5.98. The monoisotopic (exact) mass is 340 g/mol. The molecule has 0 amide bonds. The largest absolute Gasteiger partial charge is 0.373 e. The van der Waals surface area contributed by atoms with Gasteiger partial charge in [-0.15, -0.1) is 0 Å². The van der Waals surface area contributed by atoms with E-state index < -0.39 is 10.2 Å². The van der Waals surface area contributed by atoms with E-state index in [0.717, 1.165) is 6.33 Å². The first kappa shape index (κ1) is 15.7. The standard InChI is InChI=1S/C10H14Cl2N4O3S/c1-6-3-16(4-7(2)19-6)20(17,18)15-8-9(11)13-5-14-10(8)12/h5-7,15H,3-4H2,1-2H3. The topological polar surface area (TPSA) is 84.4 Å². The third-order valence-electron chi connectivity index (χ3n) is 2.71. The normalized spacial score (nSPS) is 24.6. The molecule has 1 aliphatic rings. The Bertz CT molecular complexity index is 568. The number of morpholine rings is 1. The fraction of sp³-hybridized carbons (Fsp3) is 0.600. The molecule has 0 radical (unpaired) electrons. The molecule has 20 heavy (non-hydrogen) atoms. The van der Waals surface area contributed by atoms with Crippen LogP contribution >= 0.6 is 23.2 Å². The molecule has 2 atom stereocenters. The van der Waals surface area contributed by atoms with Crippen LogP contribution < -0.4 is 4.72 Å². The molecule has 0 aromatic carbocycles. The summed E-state index contributed by atoms with van der Waals surface area (Å²) in [6.07, 6.45) is 0.781. The quantitative estimate of drug-likeness (QED) is 0.844. The fourth-order valence-electron chi connectivity index (χ4n) is 1.95. The number of nitrogens with zero attached hydrogens (tertiary/aromatic N) is 3. The van der Waals surface area contributed by atoms with Gasteiger partial charge in [-0.25, -0.2) is 9.97 Å². The maximum absolute atomic E-state index is 12.3. The number of halogens is 2. The molecule has 7 nitrogen and oxygen atoms in total.